The molecule has 3 nitrogen and oxygen atoms in total. The Bertz CT molecular complexity index is 146. The van der Waals surface area contributed by atoms with Crippen molar-refractivity contribution in [3.05, 3.63) is 12.3 Å². The number of hydrogen-bond donors (Lipinski definition) is 1. The van der Waals surface area contributed by atoms with E-state index in [2.05, 4.69) is 28.6 Å². The lowest BCUT2D eigenvalue weighted by atomic mass is 10.4. The van der Waals surface area contributed by atoms with Crippen molar-refractivity contribution in [3.8, 4) is 0 Å². The lowest BCUT2D eigenvalue weighted by Gasteiger charge is -2.00. The average Bonchev–Trinajstić information content (AvgIpc) is 1.90. The van der Waals surface area contributed by atoms with E-state index in [1.165, 1.54) is 0 Å². The summed E-state index contributed by atoms with van der Waals surface area (Å²) in [5.41, 5.74) is 0.569. The van der Waals surface area contributed by atoms with Crippen LogP contribution in [0.3, 0.4) is 0 Å². The van der Waals surface area contributed by atoms with Gasteiger partial charge in [0.05, 0.1) is 5.70 Å². The first-order chi connectivity index (χ1) is 4.26. The van der Waals surface area contributed by atoms with Gasteiger partial charge in [0.25, 0.3) is 0 Å². The number of rotatable bonds is 2. The third kappa shape index (κ3) is 2.08. The van der Waals surface area contributed by atoms with Crippen LogP contribution in [0.2, 0.25) is 0 Å². The Balaban J connectivity index is 4.13. The molecule has 0 aromatic rings. The quantitative estimate of drug-likeness (QED) is 0.422. The molecule has 0 aliphatic heterocycles. The number of aliphatic imine (C=N–C) groups is 2. The highest BCUT2D eigenvalue weighted by Crippen LogP contribution is 1.90. The van der Waals surface area contributed by atoms with E-state index in [0.717, 1.165) is 0 Å². The van der Waals surface area contributed by atoms with Crippen LogP contribution in [0, 0.1) is 0 Å². The lowest BCUT2D eigenvalue weighted by molar-refractivity contribution is 1.13. The highest BCUT2D eigenvalue weighted by molar-refractivity contribution is 5.97. The minimum absolute atomic E-state index is 0.569. The largest absolute Gasteiger partial charge is 0.372 e. The summed E-state index contributed by atoms with van der Waals surface area (Å²) in [6.07, 6.45) is 0. The van der Waals surface area contributed by atoms with Crippen LogP contribution >= 0.6 is 0 Å². The smallest absolute Gasteiger partial charge is 0.146 e. The maximum absolute atomic E-state index is 3.85. The number of nitrogens with one attached hydrogen (secondary N) is 1. The molecule has 1 N–H and O–H groups in total. The summed E-state index contributed by atoms with van der Waals surface area (Å²) in [4.78, 5) is 7.44. The van der Waals surface area contributed by atoms with Gasteiger partial charge >= 0.3 is 0 Å². The molecule has 9 heavy (non-hydrogen) atoms. The summed E-state index contributed by atoms with van der Waals surface area (Å²) in [6, 6.07) is 0. The Morgan fingerprint density at radius 3 is 2.22 bits per heavy atom. The van der Waals surface area contributed by atoms with Gasteiger partial charge in [0, 0.05) is 14.1 Å². The fourth-order valence-electron chi connectivity index (χ4n) is 0.460. The van der Waals surface area contributed by atoms with E-state index < -0.39 is 0 Å². The van der Waals surface area contributed by atoms with Gasteiger partial charge in [0.1, 0.15) is 5.84 Å². The molecule has 0 aliphatic rings. The van der Waals surface area contributed by atoms with Crippen molar-refractivity contribution in [3.63, 3.8) is 0 Å². The molecule has 0 heterocycles. The van der Waals surface area contributed by atoms with E-state index in [9.17, 15) is 0 Å². The Hall–Kier alpha value is -1.12. The molecule has 0 saturated carbocycles. The van der Waals surface area contributed by atoms with Gasteiger partial charge in [-0.25, -0.2) is 0 Å². The molecule has 0 fully saturated rings. The molecular weight excluding hydrogens is 114 g/mol. The van der Waals surface area contributed by atoms with Crippen molar-refractivity contribution >= 4 is 12.6 Å². The number of hydrogen-bond acceptors (Lipinski definition) is 2. The molecule has 0 amide bonds. The van der Waals surface area contributed by atoms with E-state index >= 15 is 0 Å². The van der Waals surface area contributed by atoms with Crippen LogP contribution in [0.5, 0.6) is 0 Å². The molecule has 3 heteroatoms. The van der Waals surface area contributed by atoms with Crippen molar-refractivity contribution in [1.82, 2.24) is 5.32 Å². The molecule has 0 saturated heterocycles. The minimum atomic E-state index is 0.569. The Morgan fingerprint density at radius 2 is 2.11 bits per heavy atom. The molecule has 0 aromatic carbocycles. The van der Waals surface area contributed by atoms with Crippen molar-refractivity contribution < 1.29 is 0 Å². The zero-order valence-electron chi connectivity index (χ0n) is 5.81. The van der Waals surface area contributed by atoms with Crippen LogP contribution in [0.25, 0.3) is 0 Å². The van der Waals surface area contributed by atoms with E-state index in [0.29, 0.717) is 11.5 Å². The van der Waals surface area contributed by atoms with E-state index in [-0.39, 0.29) is 0 Å². The molecule has 0 unspecified atom stereocenters. The van der Waals surface area contributed by atoms with Gasteiger partial charge in [0.15, 0.2) is 0 Å². The fraction of sp³-hybridized carbons (Fsp3) is 0.333. The van der Waals surface area contributed by atoms with Crippen LogP contribution in [-0.4, -0.2) is 26.6 Å². The fourth-order valence-corrected chi connectivity index (χ4v) is 0.460. The zero-order chi connectivity index (χ0) is 7.28. The highest BCUT2D eigenvalue weighted by Gasteiger charge is 1.94. The monoisotopic (exact) mass is 125 g/mol. The summed E-state index contributed by atoms with van der Waals surface area (Å²) in [5.74, 6) is 0.671. The molecular formula is C6H11N3. The summed E-state index contributed by atoms with van der Waals surface area (Å²) in [6.45, 7) is 6.90. The van der Waals surface area contributed by atoms with E-state index in [1.807, 2.05) is 0 Å². The minimum Gasteiger partial charge on any atom is -0.372 e. The first kappa shape index (κ1) is 7.88. The van der Waals surface area contributed by atoms with Gasteiger partial charge in [-0.2, -0.15) is 0 Å². The molecule has 0 atom stereocenters. The van der Waals surface area contributed by atoms with Crippen molar-refractivity contribution in [1.29, 1.82) is 0 Å². The Labute approximate surface area is 55.2 Å². The van der Waals surface area contributed by atoms with Gasteiger partial charge in [-0.15, -0.1) is 0 Å². The van der Waals surface area contributed by atoms with E-state index in [4.69, 9.17) is 0 Å². The third-order valence-corrected chi connectivity index (χ3v) is 0.925. The Morgan fingerprint density at radius 1 is 1.56 bits per heavy atom. The van der Waals surface area contributed by atoms with Crippen LogP contribution in [0.4, 0.5) is 0 Å². The van der Waals surface area contributed by atoms with Crippen LogP contribution < -0.4 is 5.32 Å². The molecule has 50 valence electrons. The van der Waals surface area contributed by atoms with Crippen LogP contribution in [0.1, 0.15) is 0 Å². The number of likely N-dealkylation sites (N-methyl/N-ethyl adjacent to an activating group) is 1. The lowest BCUT2D eigenvalue weighted by Crippen LogP contribution is -2.18. The van der Waals surface area contributed by atoms with Gasteiger partial charge < -0.3 is 5.32 Å². The topological polar surface area (TPSA) is 36.8 Å². The average molecular weight is 125 g/mol. The zero-order valence-corrected chi connectivity index (χ0v) is 5.81. The van der Waals surface area contributed by atoms with Gasteiger partial charge in [-0.1, -0.05) is 6.58 Å². The second-order valence-corrected chi connectivity index (χ2v) is 1.43. The molecule has 0 aromatic heterocycles. The predicted octanol–water partition coefficient (Wildman–Crippen LogP) is 0.448. The summed E-state index contributed by atoms with van der Waals surface area (Å²) >= 11 is 0. The maximum Gasteiger partial charge on any atom is 0.146 e. The maximum atomic E-state index is 3.85. The predicted molar refractivity (Wildman–Crippen MR) is 41.1 cm³/mol. The normalized spacial score (nSPS) is 10.7. The second kappa shape index (κ2) is 3.83. The van der Waals surface area contributed by atoms with Crippen molar-refractivity contribution in [2.75, 3.05) is 14.1 Å². The molecule has 0 spiro atoms. The summed E-state index contributed by atoms with van der Waals surface area (Å²) in [5, 5.41) is 2.82. The van der Waals surface area contributed by atoms with Gasteiger partial charge in [0.2, 0.25) is 0 Å². The molecule has 0 rings (SSSR count). The summed E-state index contributed by atoms with van der Waals surface area (Å²) < 4.78 is 0. The van der Waals surface area contributed by atoms with Crippen molar-refractivity contribution in [2.45, 2.75) is 0 Å². The van der Waals surface area contributed by atoms with Gasteiger partial charge in [-0.05, 0) is 6.72 Å². The number of nitrogens with zero attached hydrogens (tertiary/aromatic N) is 2. The van der Waals surface area contributed by atoms with Crippen LogP contribution in [0.15, 0.2) is 22.3 Å². The standard InChI is InChI=1S/C6H11N3/c1-5(7-2)6(8-3)9-4/h1-2H2,3-4H3,(H,8,9). The second-order valence-electron chi connectivity index (χ2n) is 1.43. The molecule has 0 radical (unpaired) electrons. The van der Waals surface area contributed by atoms with Crippen LogP contribution in [-0.2, 0) is 0 Å². The molecule has 0 aliphatic carbocycles. The highest BCUT2D eigenvalue weighted by atomic mass is 15.0. The van der Waals surface area contributed by atoms with Crippen molar-refractivity contribution in [2.24, 2.45) is 9.98 Å². The Kier molecular flexibility index (Phi) is 3.35. The SMILES string of the molecule is C=NC(=C)C(=NC)NC. The van der Waals surface area contributed by atoms with Gasteiger partial charge in [-0.3, -0.25) is 9.98 Å². The van der Waals surface area contributed by atoms with E-state index in [1.54, 1.807) is 14.1 Å². The molecule has 0 bridgehead atoms. The number of amidine groups is 1. The first-order valence-electron chi connectivity index (χ1n) is 2.56. The first-order valence-corrected chi connectivity index (χ1v) is 2.56. The summed E-state index contributed by atoms with van der Waals surface area (Å²) in [7, 11) is 3.43. The third-order valence-electron chi connectivity index (χ3n) is 0.925.